The van der Waals surface area contributed by atoms with Crippen LogP contribution in [0.25, 0.3) is 0 Å². The van der Waals surface area contributed by atoms with E-state index in [9.17, 15) is 18.0 Å². The molecule has 0 heterocycles. The molecule has 90 valence electrons. The van der Waals surface area contributed by atoms with Gasteiger partial charge in [0, 0.05) is 6.61 Å². The average Bonchev–Trinajstić information content (AvgIpc) is 2.08. The van der Waals surface area contributed by atoms with E-state index in [0.29, 0.717) is 6.42 Å². The van der Waals surface area contributed by atoms with Crippen molar-refractivity contribution in [1.82, 2.24) is 0 Å². The molecule has 0 saturated carbocycles. The van der Waals surface area contributed by atoms with Crippen LogP contribution in [0.15, 0.2) is 0 Å². The summed E-state index contributed by atoms with van der Waals surface area (Å²) in [6.45, 7) is 1.86. The zero-order chi connectivity index (χ0) is 11.9. The third-order valence-electron chi connectivity index (χ3n) is 1.79. The highest BCUT2D eigenvalue weighted by Gasteiger charge is 2.41. The second-order valence-corrected chi connectivity index (χ2v) is 3.21. The Labute approximate surface area is 86.2 Å². The van der Waals surface area contributed by atoms with E-state index in [4.69, 9.17) is 5.11 Å². The first-order valence-electron chi connectivity index (χ1n) is 4.78. The molecule has 1 unspecified atom stereocenters. The van der Waals surface area contributed by atoms with Crippen molar-refractivity contribution >= 4 is 5.97 Å². The van der Waals surface area contributed by atoms with Gasteiger partial charge in [0.1, 0.15) is 0 Å². The lowest BCUT2D eigenvalue weighted by molar-refractivity contribution is -0.224. The molecule has 0 aliphatic heterocycles. The minimum atomic E-state index is -4.61. The Morgan fingerprint density at radius 3 is 2.40 bits per heavy atom. The second-order valence-electron chi connectivity index (χ2n) is 3.21. The van der Waals surface area contributed by atoms with Gasteiger partial charge in [0.2, 0.25) is 0 Å². The quantitative estimate of drug-likeness (QED) is 0.681. The number of halogens is 3. The fraction of sp³-hybridized carbons (Fsp3) is 0.889. The van der Waals surface area contributed by atoms with Crippen molar-refractivity contribution in [2.24, 2.45) is 0 Å². The van der Waals surface area contributed by atoms with Crippen molar-refractivity contribution in [2.75, 3.05) is 6.61 Å². The van der Waals surface area contributed by atoms with E-state index < -0.39 is 24.7 Å². The van der Waals surface area contributed by atoms with Crippen LogP contribution in [0.5, 0.6) is 0 Å². The van der Waals surface area contributed by atoms with Gasteiger partial charge in [0.25, 0.3) is 0 Å². The Balaban J connectivity index is 3.97. The Morgan fingerprint density at radius 2 is 2.00 bits per heavy atom. The summed E-state index contributed by atoms with van der Waals surface area (Å²) in [6.07, 6.45) is -5.66. The molecule has 1 N–H and O–H groups in total. The minimum Gasteiger partial charge on any atom is -0.481 e. The van der Waals surface area contributed by atoms with Crippen LogP contribution in [0.3, 0.4) is 0 Å². The molecular formula is C9H15F3O3. The van der Waals surface area contributed by atoms with E-state index in [2.05, 4.69) is 4.74 Å². The molecule has 1 atom stereocenters. The molecule has 0 aliphatic carbocycles. The predicted molar refractivity (Wildman–Crippen MR) is 47.6 cm³/mol. The molecule has 0 fully saturated rings. The van der Waals surface area contributed by atoms with Crippen molar-refractivity contribution < 1.29 is 27.8 Å². The molecule has 3 nitrogen and oxygen atoms in total. The molecule has 6 heteroatoms. The molecule has 0 bridgehead atoms. The average molecular weight is 228 g/mol. The number of alkyl halides is 3. The van der Waals surface area contributed by atoms with Gasteiger partial charge in [-0.25, -0.2) is 0 Å². The van der Waals surface area contributed by atoms with Crippen LogP contribution in [0.4, 0.5) is 13.2 Å². The standard InChI is InChI=1S/C9H15F3O3/c1-2-3-4-5-15-7(6-8(13)14)9(10,11)12/h7H,2-6H2,1H3,(H,13,14). The number of hydrogen-bond acceptors (Lipinski definition) is 2. The molecule has 0 aromatic rings. The highest BCUT2D eigenvalue weighted by Crippen LogP contribution is 2.25. The van der Waals surface area contributed by atoms with Crippen molar-refractivity contribution in [2.45, 2.75) is 44.9 Å². The van der Waals surface area contributed by atoms with E-state index in [1.54, 1.807) is 0 Å². The van der Waals surface area contributed by atoms with Gasteiger partial charge in [-0.3, -0.25) is 4.79 Å². The largest absolute Gasteiger partial charge is 0.481 e. The summed E-state index contributed by atoms with van der Waals surface area (Å²) < 4.78 is 41.1. The lowest BCUT2D eigenvalue weighted by atomic mass is 10.2. The van der Waals surface area contributed by atoms with Crippen LogP contribution in [0, 0.1) is 0 Å². The van der Waals surface area contributed by atoms with Crippen molar-refractivity contribution in [3.05, 3.63) is 0 Å². The second kappa shape index (κ2) is 6.66. The summed E-state index contributed by atoms with van der Waals surface area (Å²) in [7, 11) is 0. The van der Waals surface area contributed by atoms with Crippen LogP contribution in [0.1, 0.15) is 32.6 Å². The highest BCUT2D eigenvalue weighted by atomic mass is 19.4. The lowest BCUT2D eigenvalue weighted by Gasteiger charge is -2.18. The lowest BCUT2D eigenvalue weighted by Crippen LogP contribution is -2.34. The fourth-order valence-corrected chi connectivity index (χ4v) is 1.01. The zero-order valence-electron chi connectivity index (χ0n) is 8.51. The first-order valence-corrected chi connectivity index (χ1v) is 4.78. The summed E-state index contributed by atoms with van der Waals surface area (Å²) in [5.41, 5.74) is 0. The van der Waals surface area contributed by atoms with E-state index >= 15 is 0 Å². The zero-order valence-corrected chi connectivity index (χ0v) is 8.51. The van der Waals surface area contributed by atoms with Gasteiger partial charge in [-0.2, -0.15) is 13.2 Å². The molecule has 0 spiro atoms. The number of unbranched alkanes of at least 4 members (excludes halogenated alkanes) is 2. The van der Waals surface area contributed by atoms with Gasteiger partial charge in [-0.15, -0.1) is 0 Å². The van der Waals surface area contributed by atoms with Crippen LogP contribution in [-0.4, -0.2) is 30.0 Å². The van der Waals surface area contributed by atoms with E-state index in [-0.39, 0.29) is 6.61 Å². The third-order valence-corrected chi connectivity index (χ3v) is 1.79. The number of ether oxygens (including phenoxy) is 1. The van der Waals surface area contributed by atoms with E-state index in [1.807, 2.05) is 6.92 Å². The Morgan fingerprint density at radius 1 is 1.40 bits per heavy atom. The Bertz CT molecular complexity index is 192. The smallest absolute Gasteiger partial charge is 0.415 e. The molecule has 15 heavy (non-hydrogen) atoms. The SMILES string of the molecule is CCCCCOC(CC(=O)O)C(F)(F)F. The Kier molecular flexibility index (Phi) is 6.31. The van der Waals surface area contributed by atoms with Crippen molar-refractivity contribution in [1.29, 1.82) is 0 Å². The molecular weight excluding hydrogens is 213 g/mol. The maximum Gasteiger partial charge on any atom is 0.415 e. The molecule has 0 radical (unpaired) electrons. The molecule has 0 saturated heterocycles. The van der Waals surface area contributed by atoms with Crippen LogP contribution < -0.4 is 0 Å². The van der Waals surface area contributed by atoms with Crippen LogP contribution in [-0.2, 0) is 9.53 Å². The number of carbonyl (C=O) groups is 1. The predicted octanol–water partition coefficient (Wildman–Crippen LogP) is 2.60. The summed E-state index contributed by atoms with van der Waals surface area (Å²) in [5.74, 6) is -1.51. The van der Waals surface area contributed by atoms with Crippen LogP contribution in [0.2, 0.25) is 0 Å². The molecule has 0 aromatic heterocycles. The first kappa shape index (κ1) is 14.2. The summed E-state index contributed by atoms with van der Waals surface area (Å²) >= 11 is 0. The van der Waals surface area contributed by atoms with E-state index in [0.717, 1.165) is 12.8 Å². The molecule has 0 aromatic carbocycles. The number of rotatable bonds is 7. The van der Waals surface area contributed by atoms with Gasteiger partial charge < -0.3 is 9.84 Å². The Hall–Kier alpha value is -0.780. The maximum atomic E-state index is 12.2. The molecule has 0 amide bonds. The maximum absolute atomic E-state index is 12.2. The van der Waals surface area contributed by atoms with Gasteiger partial charge in [-0.1, -0.05) is 19.8 Å². The van der Waals surface area contributed by atoms with Gasteiger partial charge in [-0.05, 0) is 6.42 Å². The number of carboxylic acid groups (broad SMARTS) is 1. The molecule has 0 rings (SSSR count). The van der Waals surface area contributed by atoms with Gasteiger partial charge in [0.15, 0.2) is 6.10 Å². The van der Waals surface area contributed by atoms with Gasteiger partial charge >= 0.3 is 12.1 Å². The van der Waals surface area contributed by atoms with E-state index in [1.165, 1.54) is 0 Å². The number of hydrogen-bond donors (Lipinski definition) is 1. The third kappa shape index (κ3) is 7.18. The monoisotopic (exact) mass is 228 g/mol. The summed E-state index contributed by atoms with van der Waals surface area (Å²) in [5, 5.41) is 8.27. The number of carboxylic acids is 1. The highest BCUT2D eigenvalue weighted by molar-refractivity contribution is 5.67. The topological polar surface area (TPSA) is 46.5 Å². The van der Waals surface area contributed by atoms with Crippen molar-refractivity contribution in [3.63, 3.8) is 0 Å². The summed E-state index contributed by atoms with van der Waals surface area (Å²) in [4.78, 5) is 10.2. The first-order chi connectivity index (χ1) is 6.88. The van der Waals surface area contributed by atoms with Crippen LogP contribution >= 0.6 is 0 Å². The van der Waals surface area contributed by atoms with Crippen molar-refractivity contribution in [3.8, 4) is 0 Å². The normalized spacial score (nSPS) is 13.9. The summed E-state index contributed by atoms with van der Waals surface area (Å²) in [6, 6.07) is 0. The number of aliphatic carboxylic acids is 1. The van der Waals surface area contributed by atoms with Gasteiger partial charge in [0.05, 0.1) is 6.42 Å². The molecule has 0 aliphatic rings. The minimum absolute atomic E-state index is 0.0503. The fourth-order valence-electron chi connectivity index (χ4n) is 1.01.